The Bertz CT molecular complexity index is 457. The molecule has 4 N–H and O–H groups in total. The van der Waals surface area contributed by atoms with Crippen molar-refractivity contribution in [3.05, 3.63) is 0 Å². The third kappa shape index (κ3) is 2.62. The van der Waals surface area contributed by atoms with Gasteiger partial charge >= 0.3 is 0 Å². The molecule has 0 bridgehead atoms. The zero-order valence-corrected chi connectivity index (χ0v) is 12.7. The lowest BCUT2D eigenvalue weighted by Crippen LogP contribution is -2.51. The van der Waals surface area contributed by atoms with Crippen molar-refractivity contribution in [1.82, 2.24) is 9.80 Å². The molecule has 2 fully saturated rings. The van der Waals surface area contributed by atoms with Gasteiger partial charge in [0, 0.05) is 25.7 Å². The van der Waals surface area contributed by atoms with Gasteiger partial charge in [-0.15, -0.1) is 0 Å². The summed E-state index contributed by atoms with van der Waals surface area (Å²) in [4.78, 5) is 39.9. The summed E-state index contributed by atoms with van der Waals surface area (Å²) in [5, 5.41) is 0. The average molecular weight is 296 g/mol. The van der Waals surface area contributed by atoms with Crippen LogP contribution in [0.5, 0.6) is 0 Å². The largest absolute Gasteiger partial charge is 0.369 e. The van der Waals surface area contributed by atoms with E-state index in [1.807, 2.05) is 13.8 Å². The number of hydrogen-bond donors (Lipinski definition) is 2. The molecule has 0 aromatic carbocycles. The summed E-state index contributed by atoms with van der Waals surface area (Å²) in [5.41, 5.74) is 10.2. The molecule has 0 radical (unpaired) electrons. The van der Waals surface area contributed by atoms with Crippen molar-refractivity contribution >= 4 is 17.7 Å². The smallest absolute Gasteiger partial charge is 0.245 e. The first-order valence-corrected chi connectivity index (χ1v) is 7.52. The van der Waals surface area contributed by atoms with Crippen molar-refractivity contribution in [2.75, 3.05) is 19.6 Å². The van der Waals surface area contributed by atoms with Crippen LogP contribution in [-0.2, 0) is 14.4 Å². The monoisotopic (exact) mass is 296 g/mol. The molecule has 1 heterocycles. The topological polar surface area (TPSA) is 110 Å². The van der Waals surface area contributed by atoms with Crippen LogP contribution in [0.4, 0.5) is 0 Å². The Hall–Kier alpha value is -1.63. The van der Waals surface area contributed by atoms with Gasteiger partial charge in [-0.25, -0.2) is 0 Å². The second-order valence-corrected chi connectivity index (χ2v) is 5.93. The summed E-state index contributed by atoms with van der Waals surface area (Å²) >= 11 is 0. The van der Waals surface area contributed by atoms with Gasteiger partial charge in [0.15, 0.2) is 0 Å². The van der Waals surface area contributed by atoms with Crippen LogP contribution >= 0.6 is 0 Å². The van der Waals surface area contributed by atoms with E-state index < -0.39 is 17.4 Å². The van der Waals surface area contributed by atoms with Crippen molar-refractivity contribution in [1.29, 1.82) is 0 Å². The molecule has 0 spiro atoms. The zero-order chi connectivity index (χ0) is 15.8. The Morgan fingerprint density at radius 3 is 2.24 bits per heavy atom. The first-order valence-electron chi connectivity index (χ1n) is 7.52. The molecule has 0 aromatic heterocycles. The maximum Gasteiger partial charge on any atom is 0.245 e. The lowest BCUT2D eigenvalue weighted by Gasteiger charge is -2.30. The predicted octanol–water partition coefficient (Wildman–Crippen LogP) is -0.951. The average Bonchev–Trinajstić information content (AvgIpc) is 3.17. The molecule has 2 rings (SSSR count). The highest BCUT2D eigenvalue weighted by molar-refractivity contribution is 6.08. The third-order valence-corrected chi connectivity index (χ3v) is 4.59. The summed E-state index contributed by atoms with van der Waals surface area (Å²) < 4.78 is 0. The maximum absolute atomic E-state index is 12.6. The van der Waals surface area contributed by atoms with Crippen LogP contribution in [0.1, 0.15) is 33.1 Å². The molecule has 1 aliphatic heterocycles. The first-order chi connectivity index (χ1) is 9.87. The molecular formula is C14H24N4O3. The van der Waals surface area contributed by atoms with Crippen LogP contribution in [0, 0.1) is 5.41 Å². The Morgan fingerprint density at radius 2 is 1.81 bits per heavy atom. The highest BCUT2D eigenvalue weighted by Gasteiger charge is 2.59. The number of likely N-dealkylation sites (N-methyl/N-ethyl adjacent to an activating group) is 1. The second kappa shape index (κ2) is 5.63. The van der Waals surface area contributed by atoms with Gasteiger partial charge in [0.1, 0.15) is 11.5 Å². The van der Waals surface area contributed by atoms with E-state index in [0.717, 1.165) is 0 Å². The summed E-state index contributed by atoms with van der Waals surface area (Å²) in [7, 11) is 0. The number of primary amides is 1. The lowest BCUT2D eigenvalue weighted by molar-refractivity contribution is -0.149. The van der Waals surface area contributed by atoms with Gasteiger partial charge in [-0.1, -0.05) is 0 Å². The van der Waals surface area contributed by atoms with E-state index in [1.54, 1.807) is 4.90 Å². The predicted molar refractivity (Wildman–Crippen MR) is 76.9 cm³/mol. The number of nitrogens with zero attached hydrogens (tertiary/aromatic N) is 2. The third-order valence-electron chi connectivity index (χ3n) is 4.59. The number of likely N-dealkylation sites (tertiary alicyclic amines) is 1. The van der Waals surface area contributed by atoms with Gasteiger partial charge in [-0.2, -0.15) is 0 Å². The fourth-order valence-corrected chi connectivity index (χ4v) is 3.04. The van der Waals surface area contributed by atoms with Crippen molar-refractivity contribution in [3.8, 4) is 0 Å². The van der Waals surface area contributed by atoms with Gasteiger partial charge in [0.25, 0.3) is 0 Å². The maximum atomic E-state index is 12.6. The molecule has 3 amide bonds. The summed E-state index contributed by atoms with van der Waals surface area (Å²) in [6.45, 7) is 5.28. The molecular weight excluding hydrogens is 272 g/mol. The number of carbonyl (C=O) groups is 3. The van der Waals surface area contributed by atoms with Crippen LogP contribution in [0.15, 0.2) is 0 Å². The van der Waals surface area contributed by atoms with Gasteiger partial charge in [0.2, 0.25) is 17.7 Å². The Kier molecular flexibility index (Phi) is 4.22. The lowest BCUT2D eigenvalue weighted by atomic mass is 10.0. The van der Waals surface area contributed by atoms with E-state index in [2.05, 4.69) is 0 Å². The molecule has 2 atom stereocenters. The molecule has 7 nitrogen and oxygen atoms in total. The van der Waals surface area contributed by atoms with Gasteiger partial charge in [0.05, 0.1) is 0 Å². The van der Waals surface area contributed by atoms with Crippen LogP contribution in [0.2, 0.25) is 0 Å². The molecule has 1 saturated carbocycles. The molecule has 7 heteroatoms. The fourth-order valence-electron chi connectivity index (χ4n) is 3.04. The molecule has 0 unspecified atom stereocenters. The molecule has 2 aliphatic rings. The number of carbonyl (C=O) groups excluding carboxylic acids is 3. The Balaban J connectivity index is 2.19. The van der Waals surface area contributed by atoms with E-state index in [9.17, 15) is 14.4 Å². The van der Waals surface area contributed by atoms with E-state index in [1.165, 1.54) is 4.90 Å². The molecule has 0 aromatic rings. The highest BCUT2D eigenvalue weighted by atomic mass is 16.2. The van der Waals surface area contributed by atoms with E-state index >= 15 is 0 Å². The quantitative estimate of drug-likeness (QED) is 0.637. The number of amides is 3. The molecule has 1 saturated heterocycles. The molecule has 118 valence electrons. The van der Waals surface area contributed by atoms with Crippen molar-refractivity contribution in [3.63, 3.8) is 0 Å². The standard InChI is InChI=1S/C14H24N4O3/c1-3-17(4-2)11(19)10-7-9(15)8-18(10)13(21)14(5-6-14)12(16)20/h9-10H,3-8,15H2,1-2H3,(H2,16,20)/t9-,10+/m1/s1. The van der Waals surface area contributed by atoms with Crippen LogP contribution < -0.4 is 11.5 Å². The minimum atomic E-state index is -1.09. The molecule has 1 aliphatic carbocycles. The fraction of sp³-hybridized carbons (Fsp3) is 0.786. The summed E-state index contributed by atoms with van der Waals surface area (Å²) in [6, 6.07) is -0.800. The zero-order valence-electron chi connectivity index (χ0n) is 12.7. The molecule has 21 heavy (non-hydrogen) atoms. The second-order valence-electron chi connectivity index (χ2n) is 5.93. The van der Waals surface area contributed by atoms with Gasteiger partial charge in [-0.3, -0.25) is 14.4 Å². The minimum absolute atomic E-state index is 0.0958. The number of nitrogens with two attached hydrogens (primary N) is 2. The van der Waals surface area contributed by atoms with E-state index in [0.29, 0.717) is 38.9 Å². The van der Waals surface area contributed by atoms with E-state index in [-0.39, 0.29) is 17.9 Å². The Labute approximate surface area is 124 Å². The number of hydrogen-bond acceptors (Lipinski definition) is 4. The normalized spacial score (nSPS) is 26.5. The van der Waals surface area contributed by atoms with E-state index in [4.69, 9.17) is 11.5 Å². The van der Waals surface area contributed by atoms with Crippen LogP contribution in [0.25, 0.3) is 0 Å². The SMILES string of the molecule is CCN(CC)C(=O)[C@@H]1C[C@@H](N)CN1C(=O)C1(C(N)=O)CC1. The highest BCUT2D eigenvalue weighted by Crippen LogP contribution is 2.48. The van der Waals surface area contributed by atoms with Crippen molar-refractivity contribution < 1.29 is 14.4 Å². The number of rotatable bonds is 5. The van der Waals surface area contributed by atoms with Gasteiger partial charge < -0.3 is 21.3 Å². The van der Waals surface area contributed by atoms with Crippen molar-refractivity contribution in [2.45, 2.75) is 45.2 Å². The summed E-state index contributed by atoms with van der Waals surface area (Å²) in [6.07, 6.45) is 1.38. The first kappa shape index (κ1) is 15.8. The Morgan fingerprint density at radius 1 is 1.24 bits per heavy atom. The van der Waals surface area contributed by atoms with Crippen LogP contribution in [0.3, 0.4) is 0 Å². The van der Waals surface area contributed by atoms with Crippen LogP contribution in [-0.4, -0.2) is 59.2 Å². The van der Waals surface area contributed by atoms with Crippen molar-refractivity contribution in [2.24, 2.45) is 16.9 Å². The minimum Gasteiger partial charge on any atom is -0.369 e. The van der Waals surface area contributed by atoms with Gasteiger partial charge in [-0.05, 0) is 33.1 Å². The summed E-state index contributed by atoms with van der Waals surface area (Å²) in [5.74, 6) is -1.02.